The molecular weight excluding hydrogens is 519 g/mol. The molecule has 5 nitrogen and oxygen atoms in total. The smallest absolute Gasteiger partial charge is 0.322 e. The summed E-state index contributed by atoms with van der Waals surface area (Å²) in [5.41, 5.74) is -7.75. The van der Waals surface area contributed by atoms with Crippen LogP contribution < -0.4 is 10.2 Å². The highest BCUT2D eigenvalue weighted by atomic mass is 19.4. The third-order valence-corrected chi connectivity index (χ3v) is 5.64. The van der Waals surface area contributed by atoms with Gasteiger partial charge in [-0.3, -0.25) is 9.59 Å². The Morgan fingerprint density at radius 3 is 1.82 bits per heavy atom. The Kier molecular flexibility index (Phi) is 7.53. The Balaban J connectivity index is 1.93. The molecule has 2 amide bonds. The van der Waals surface area contributed by atoms with Crippen LogP contribution in [-0.2, 0) is 5.67 Å². The van der Waals surface area contributed by atoms with Crippen LogP contribution in [-0.4, -0.2) is 24.2 Å². The first kappa shape index (κ1) is 28.2. The Bertz CT molecular complexity index is 1370. The number of nitrogens with one attached hydrogen (secondary N) is 1. The third-order valence-electron chi connectivity index (χ3n) is 5.64. The normalized spacial score (nSPS) is 12.0. The standard InChI is InChI=1S/C26H18F7N3O2/c1-15-11-19(24(27,25(28,29)30)26(31,32)33)12-16(2)21(15)35-22(37)18-9-6-10-20(13-18)36(14-34)23(38)17-7-4-3-5-8-17/h3-13H,1-2H3,(H,35,37). The number of benzene rings is 3. The Morgan fingerprint density at radius 2 is 1.32 bits per heavy atom. The fraction of sp³-hybridized carbons (Fsp3) is 0.192. The zero-order chi connectivity index (χ0) is 28.5. The summed E-state index contributed by atoms with van der Waals surface area (Å²) in [5.74, 6) is -1.51. The van der Waals surface area contributed by atoms with Crippen LogP contribution in [0.25, 0.3) is 0 Å². The number of halogens is 7. The van der Waals surface area contributed by atoms with Gasteiger partial charge in [-0.2, -0.15) is 31.6 Å². The maximum atomic E-state index is 14.5. The van der Waals surface area contributed by atoms with Gasteiger partial charge in [-0.1, -0.05) is 36.4 Å². The minimum absolute atomic E-state index is 0.0374. The molecule has 1 N–H and O–H groups in total. The molecule has 0 aliphatic rings. The summed E-state index contributed by atoms with van der Waals surface area (Å²) in [6.45, 7) is 2.23. The van der Waals surface area contributed by atoms with Crippen LogP contribution in [0.3, 0.4) is 0 Å². The summed E-state index contributed by atoms with van der Waals surface area (Å²) in [6.07, 6.45) is -10.8. The van der Waals surface area contributed by atoms with Gasteiger partial charge in [0.25, 0.3) is 11.8 Å². The number of carbonyl (C=O) groups excluding carboxylic acids is 2. The lowest BCUT2D eigenvalue weighted by Gasteiger charge is -2.31. The Morgan fingerprint density at radius 1 is 0.789 bits per heavy atom. The van der Waals surface area contributed by atoms with Gasteiger partial charge in [-0.15, -0.1) is 0 Å². The van der Waals surface area contributed by atoms with E-state index in [4.69, 9.17) is 0 Å². The fourth-order valence-electron chi connectivity index (χ4n) is 3.75. The summed E-state index contributed by atoms with van der Waals surface area (Å²) < 4.78 is 93.5. The number of carbonyl (C=O) groups is 2. The highest BCUT2D eigenvalue weighted by Gasteiger charge is 2.73. The zero-order valence-electron chi connectivity index (χ0n) is 19.7. The molecule has 12 heteroatoms. The largest absolute Gasteiger partial charge is 0.435 e. The molecule has 0 heterocycles. The fourth-order valence-corrected chi connectivity index (χ4v) is 3.75. The number of amides is 2. The van der Waals surface area contributed by atoms with E-state index in [-0.39, 0.29) is 33.6 Å². The van der Waals surface area contributed by atoms with Crippen molar-refractivity contribution < 1.29 is 40.3 Å². The monoisotopic (exact) mass is 537 g/mol. The Labute approximate surface area is 212 Å². The maximum Gasteiger partial charge on any atom is 0.435 e. The molecule has 3 aromatic rings. The van der Waals surface area contributed by atoms with Gasteiger partial charge < -0.3 is 5.32 Å². The maximum absolute atomic E-state index is 14.5. The van der Waals surface area contributed by atoms with Crippen LogP contribution in [0.15, 0.2) is 66.7 Å². The van der Waals surface area contributed by atoms with Gasteiger partial charge in [0.05, 0.1) is 5.69 Å². The van der Waals surface area contributed by atoms with Crippen molar-refractivity contribution in [3.05, 3.63) is 94.5 Å². The van der Waals surface area contributed by atoms with Gasteiger partial charge in [0.15, 0.2) is 6.19 Å². The van der Waals surface area contributed by atoms with E-state index in [2.05, 4.69) is 5.32 Å². The van der Waals surface area contributed by atoms with Crippen molar-refractivity contribution in [3.63, 3.8) is 0 Å². The van der Waals surface area contributed by atoms with E-state index in [0.717, 1.165) is 18.7 Å². The first-order valence-electron chi connectivity index (χ1n) is 10.8. The van der Waals surface area contributed by atoms with Crippen LogP contribution in [0.1, 0.15) is 37.4 Å². The topological polar surface area (TPSA) is 73.2 Å². The highest BCUT2D eigenvalue weighted by molar-refractivity contribution is 6.10. The summed E-state index contributed by atoms with van der Waals surface area (Å²) in [5, 5.41) is 11.9. The molecule has 0 spiro atoms. The van der Waals surface area contributed by atoms with Crippen molar-refractivity contribution in [2.24, 2.45) is 0 Å². The average molecular weight is 537 g/mol. The molecule has 0 atom stereocenters. The van der Waals surface area contributed by atoms with E-state index < -0.39 is 35.4 Å². The van der Waals surface area contributed by atoms with Crippen molar-refractivity contribution in [1.29, 1.82) is 5.26 Å². The van der Waals surface area contributed by atoms with E-state index >= 15 is 0 Å². The molecule has 0 radical (unpaired) electrons. The predicted molar refractivity (Wildman–Crippen MR) is 124 cm³/mol. The van der Waals surface area contributed by atoms with Gasteiger partial charge in [-0.25, -0.2) is 9.29 Å². The molecule has 0 aromatic heterocycles. The van der Waals surface area contributed by atoms with Gasteiger partial charge >= 0.3 is 18.0 Å². The minimum atomic E-state index is -6.28. The van der Waals surface area contributed by atoms with Crippen LogP contribution in [0.4, 0.5) is 42.1 Å². The number of nitriles is 1. The van der Waals surface area contributed by atoms with E-state index in [1.165, 1.54) is 36.4 Å². The SMILES string of the molecule is Cc1cc(C(F)(C(F)(F)F)C(F)(F)F)cc(C)c1NC(=O)c1cccc(N(C#N)C(=O)c2ccccc2)c1. The first-order chi connectivity index (χ1) is 17.6. The van der Waals surface area contributed by atoms with Gasteiger partial charge in [0, 0.05) is 22.4 Å². The number of aryl methyl sites for hydroxylation is 2. The van der Waals surface area contributed by atoms with Crippen LogP contribution in [0, 0.1) is 25.3 Å². The lowest BCUT2D eigenvalue weighted by atomic mass is 9.90. The van der Waals surface area contributed by atoms with Crippen molar-refractivity contribution >= 4 is 23.2 Å². The summed E-state index contributed by atoms with van der Waals surface area (Å²) >= 11 is 0. The predicted octanol–water partition coefficient (Wildman–Crippen LogP) is 6.97. The molecule has 198 valence electrons. The molecule has 38 heavy (non-hydrogen) atoms. The van der Waals surface area contributed by atoms with Crippen molar-refractivity contribution in [2.75, 3.05) is 10.2 Å². The van der Waals surface area contributed by atoms with Gasteiger partial charge in [0.2, 0.25) is 0 Å². The number of hydrogen-bond donors (Lipinski definition) is 1. The molecule has 3 rings (SSSR count). The summed E-state index contributed by atoms with van der Waals surface area (Å²) in [4.78, 5) is 26.3. The quantitative estimate of drug-likeness (QED) is 0.217. The molecule has 0 bridgehead atoms. The second kappa shape index (κ2) is 10.2. The molecule has 0 saturated heterocycles. The number of rotatable bonds is 5. The first-order valence-corrected chi connectivity index (χ1v) is 10.8. The van der Waals surface area contributed by atoms with Crippen LogP contribution in [0.5, 0.6) is 0 Å². The second-order valence-electron chi connectivity index (χ2n) is 8.25. The van der Waals surface area contributed by atoms with Crippen molar-refractivity contribution in [2.45, 2.75) is 31.9 Å². The van der Waals surface area contributed by atoms with E-state index in [0.29, 0.717) is 12.1 Å². The lowest BCUT2D eigenvalue weighted by Crippen LogP contribution is -2.50. The van der Waals surface area contributed by atoms with Crippen LogP contribution >= 0.6 is 0 Å². The highest BCUT2D eigenvalue weighted by Crippen LogP contribution is 2.53. The van der Waals surface area contributed by atoms with E-state index in [1.54, 1.807) is 24.4 Å². The number of alkyl halides is 7. The Hall–Kier alpha value is -4.40. The number of anilines is 2. The molecule has 0 saturated carbocycles. The molecular formula is C26H18F7N3O2. The minimum Gasteiger partial charge on any atom is -0.322 e. The third kappa shape index (κ3) is 5.18. The van der Waals surface area contributed by atoms with Gasteiger partial charge in [-0.05, 0) is 55.3 Å². The van der Waals surface area contributed by atoms with Crippen molar-refractivity contribution in [3.8, 4) is 6.19 Å². The molecule has 3 aromatic carbocycles. The zero-order valence-corrected chi connectivity index (χ0v) is 19.7. The average Bonchev–Trinajstić information content (AvgIpc) is 2.85. The molecule has 0 aliphatic carbocycles. The number of hydrogen-bond acceptors (Lipinski definition) is 3. The number of nitrogens with zero attached hydrogens (tertiary/aromatic N) is 2. The van der Waals surface area contributed by atoms with Gasteiger partial charge in [0.1, 0.15) is 0 Å². The van der Waals surface area contributed by atoms with Crippen molar-refractivity contribution in [1.82, 2.24) is 0 Å². The molecule has 0 unspecified atom stereocenters. The second-order valence-corrected chi connectivity index (χ2v) is 8.25. The van der Waals surface area contributed by atoms with E-state index in [9.17, 15) is 45.6 Å². The molecule has 0 aliphatic heterocycles. The summed E-state index contributed by atoms with van der Waals surface area (Å²) in [6, 6.07) is 13.9. The van der Waals surface area contributed by atoms with E-state index in [1.807, 2.05) is 0 Å². The lowest BCUT2D eigenvalue weighted by molar-refractivity contribution is -0.348. The van der Waals surface area contributed by atoms with Crippen LogP contribution in [0.2, 0.25) is 0 Å². The molecule has 0 fully saturated rings. The summed E-state index contributed by atoms with van der Waals surface area (Å²) in [7, 11) is 0.